The molecule has 2 aromatic heterocycles. The van der Waals surface area contributed by atoms with Crippen LogP contribution >= 0.6 is 0 Å². The first-order valence-corrected chi connectivity index (χ1v) is 11.2. The molecule has 1 aliphatic heterocycles. The molecule has 1 atom stereocenters. The van der Waals surface area contributed by atoms with Gasteiger partial charge in [0.15, 0.2) is 0 Å². The van der Waals surface area contributed by atoms with Gasteiger partial charge in [-0.15, -0.1) is 0 Å². The zero-order chi connectivity index (χ0) is 23.1. The maximum absolute atomic E-state index is 12.7. The standard InChI is InChI=1S/C24H34N6O2/c1-5-30(20-9-12-29(16-20)23(31)7-6-10-26-17(2)3)21-13-19(15-28-24(21)32)18-8-11-27-22(14-18)25-4/h6-8,11,13-15,17,20,26H,5,9-10,12,16H2,1-4H3,(H,25,27)(H,28,32)/t20-/m0/s1. The van der Waals surface area contributed by atoms with E-state index in [1.54, 1.807) is 18.5 Å². The molecule has 8 nitrogen and oxygen atoms in total. The number of likely N-dealkylation sites (N-methyl/N-ethyl adjacent to an activating group) is 1. The summed E-state index contributed by atoms with van der Waals surface area (Å²) in [6.45, 7) is 8.85. The highest BCUT2D eigenvalue weighted by atomic mass is 16.2. The third-order valence-electron chi connectivity index (χ3n) is 5.70. The van der Waals surface area contributed by atoms with Crippen molar-refractivity contribution in [3.05, 3.63) is 53.1 Å². The van der Waals surface area contributed by atoms with Crippen LogP contribution in [0.15, 0.2) is 47.5 Å². The number of hydrogen-bond donors (Lipinski definition) is 3. The minimum atomic E-state index is -0.122. The Labute approximate surface area is 189 Å². The molecule has 0 aromatic carbocycles. The SMILES string of the molecule is CCN(c1cc(-c2ccnc(NC)c2)c[nH]c1=O)[C@H]1CCN(C(=O)C=CCNC(C)C)C1. The second-order valence-corrected chi connectivity index (χ2v) is 8.26. The molecule has 3 heterocycles. The fourth-order valence-electron chi connectivity index (χ4n) is 3.99. The largest absolute Gasteiger partial charge is 0.373 e. The Balaban J connectivity index is 1.74. The summed E-state index contributed by atoms with van der Waals surface area (Å²) in [5.74, 6) is 0.789. The van der Waals surface area contributed by atoms with Crippen LogP contribution in [0.25, 0.3) is 11.1 Å². The van der Waals surface area contributed by atoms with Gasteiger partial charge in [0, 0.05) is 69.3 Å². The van der Waals surface area contributed by atoms with Gasteiger partial charge in [0.2, 0.25) is 5.91 Å². The number of rotatable bonds is 9. The topological polar surface area (TPSA) is 93.4 Å². The van der Waals surface area contributed by atoms with Crippen molar-refractivity contribution in [2.24, 2.45) is 0 Å². The van der Waals surface area contributed by atoms with Crippen LogP contribution in [0.4, 0.5) is 11.5 Å². The number of anilines is 2. The fraction of sp³-hybridized carbons (Fsp3) is 0.458. The Kier molecular flexibility index (Phi) is 8.05. The van der Waals surface area contributed by atoms with E-state index in [4.69, 9.17) is 0 Å². The van der Waals surface area contributed by atoms with Crippen LogP contribution < -0.4 is 21.1 Å². The molecule has 172 valence electrons. The maximum atomic E-state index is 12.7. The van der Waals surface area contributed by atoms with Crippen LogP contribution in [-0.4, -0.2) is 66.1 Å². The van der Waals surface area contributed by atoms with Crippen molar-refractivity contribution in [2.75, 3.05) is 43.4 Å². The molecule has 1 amide bonds. The van der Waals surface area contributed by atoms with Crippen molar-refractivity contribution < 1.29 is 4.79 Å². The molecule has 2 aromatic rings. The van der Waals surface area contributed by atoms with Gasteiger partial charge >= 0.3 is 0 Å². The molecule has 3 N–H and O–H groups in total. The van der Waals surface area contributed by atoms with Gasteiger partial charge in [-0.1, -0.05) is 19.9 Å². The second kappa shape index (κ2) is 10.9. The zero-order valence-corrected chi connectivity index (χ0v) is 19.4. The minimum Gasteiger partial charge on any atom is -0.373 e. The molecule has 0 bridgehead atoms. The Morgan fingerprint density at radius 1 is 1.38 bits per heavy atom. The van der Waals surface area contributed by atoms with Crippen LogP contribution in [0.5, 0.6) is 0 Å². The number of aromatic amines is 1. The van der Waals surface area contributed by atoms with Crippen LogP contribution in [0.1, 0.15) is 27.2 Å². The minimum absolute atomic E-state index is 0.0214. The number of carbonyl (C=O) groups excluding carboxylic acids is 1. The molecule has 0 aliphatic carbocycles. The predicted octanol–water partition coefficient (Wildman–Crippen LogP) is 2.46. The average Bonchev–Trinajstić information content (AvgIpc) is 3.28. The number of aromatic nitrogens is 2. The molecule has 1 fully saturated rings. The normalized spacial score (nSPS) is 16.2. The molecule has 0 saturated carbocycles. The third kappa shape index (κ3) is 5.76. The Hall–Kier alpha value is -3.13. The number of nitrogens with one attached hydrogen (secondary N) is 3. The van der Waals surface area contributed by atoms with Crippen molar-refractivity contribution in [3.63, 3.8) is 0 Å². The summed E-state index contributed by atoms with van der Waals surface area (Å²) >= 11 is 0. The number of amides is 1. The zero-order valence-electron chi connectivity index (χ0n) is 19.4. The van der Waals surface area contributed by atoms with E-state index in [0.29, 0.717) is 37.9 Å². The summed E-state index contributed by atoms with van der Waals surface area (Å²) in [5.41, 5.74) is 2.40. The van der Waals surface area contributed by atoms with Gasteiger partial charge in [-0.25, -0.2) is 4.98 Å². The molecular formula is C24H34N6O2. The van der Waals surface area contributed by atoms with E-state index in [1.165, 1.54) is 0 Å². The molecular weight excluding hydrogens is 404 g/mol. The number of pyridine rings is 2. The van der Waals surface area contributed by atoms with Gasteiger partial charge in [0.05, 0.1) is 0 Å². The van der Waals surface area contributed by atoms with Crippen LogP contribution in [-0.2, 0) is 4.79 Å². The molecule has 0 spiro atoms. The first-order valence-electron chi connectivity index (χ1n) is 11.2. The lowest BCUT2D eigenvalue weighted by Crippen LogP contribution is -2.41. The number of hydrogen-bond acceptors (Lipinski definition) is 6. The van der Waals surface area contributed by atoms with Crippen molar-refractivity contribution in [1.82, 2.24) is 20.2 Å². The lowest BCUT2D eigenvalue weighted by atomic mass is 10.1. The summed E-state index contributed by atoms with van der Waals surface area (Å²) in [4.78, 5) is 36.4. The Morgan fingerprint density at radius 3 is 2.91 bits per heavy atom. The second-order valence-electron chi connectivity index (χ2n) is 8.26. The first-order chi connectivity index (χ1) is 15.4. The Morgan fingerprint density at radius 2 is 2.19 bits per heavy atom. The van der Waals surface area contributed by atoms with Gasteiger partial charge in [0.25, 0.3) is 5.56 Å². The van der Waals surface area contributed by atoms with Gasteiger partial charge in [0.1, 0.15) is 11.5 Å². The summed E-state index contributed by atoms with van der Waals surface area (Å²) in [6.07, 6.45) is 7.82. The van der Waals surface area contributed by atoms with E-state index in [0.717, 1.165) is 23.4 Å². The number of likely N-dealkylation sites (tertiary alicyclic amines) is 1. The van der Waals surface area contributed by atoms with E-state index in [-0.39, 0.29) is 17.5 Å². The van der Waals surface area contributed by atoms with Crippen molar-refractivity contribution in [1.29, 1.82) is 0 Å². The number of carbonyl (C=O) groups is 1. The lowest BCUT2D eigenvalue weighted by Gasteiger charge is -2.29. The average molecular weight is 439 g/mol. The highest BCUT2D eigenvalue weighted by molar-refractivity contribution is 5.88. The van der Waals surface area contributed by atoms with Gasteiger partial charge in [-0.2, -0.15) is 0 Å². The lowest BCUT2D eigenvalue weighted by molar-refractivity contribution is -0.125. The molecule has 1 saturated heterocycles. The first kappa shape index (κ1) is 23.5. The summed E-state index contributed by atoms with van der Waals surface area (Å²) in [5, 5.41) is 6.31. The van der Waals surface area contributed by atoms with E-state index in [2.05, 4.69) is 39.3 Å². The molecule has 0 radical (unpaired) electrons. The Bertz CT molecular complexity index is 1000. The quantitative estimate of drug-likeness (QED) is 0.521. The monoisotopic (exact) mass is 438 g/mol. The van der Waals surface area contributed by atoms with E-state index in [9.17, 15) is 9.59 Å². The highest BCUT2D eigenvalue weighted by Gasteiger charge is 2.30. The van der Waals surface area contributed by atoms with Crippen molar-refractivity contribution in [2.45, 2.75) is 39.3 Å². The molecule has 3 rings (SSSR count). The highest BCUT2D eigenvalue weighted by Crippen LogP contribution is 2.26. The fourth-order valence-corrected chi connectivity index (χ4v) is 3.99. The smallest absolute Gasteiger partial charge is 0.271 e. The van der Waals surface area contributed by atoms with Gasteiger partial charge < -0.3 is 25.4 Å². The van der Waals surface area contributed by atoms with Crippen LogP contribution in [0, 0.1) is 0 Å². The predicted molar refractivity (Wildman–Crippen MR) is 130 cm³/mol. The molecule has 32 heavy (non-hydrogen) atoms. The van der Waals surface area contributed by atoms with E-state index in [1.807, 2.05) is 43.1 Å². The summed E-state index contributed by atoms with van der Waals surface area (Å²) < 4.78 is 0. The summed E-state index contributed by atoms with van der Waals surface area (Å²) in [7, 11) is 1.83. The van der Waals surface area contributed by atoms with Gasteiger partial charge in [-0.3, -0.25) is 9.59 Å². The van der Waals surface area contributed by atoms with Crippen LogP contribution in [0.2, 0.25) is 0 Å². The van der Waals surface area contributed by atoms with Crippen LogP contribution in [0.3, 0.4) is 0 Å². The van der Waals surface area contributed by atoms with E-state index >= 15 is 0 Å². The maximum Gasteiger partial charge on any atom is 0.271 e. The number of H-pyrrole nitrogens is 1. The third-order valence-corrected chi connectivity index (χ3v) is 5.70. The van der Waals surface area contributed by atoms with E-state index < -0.39 is 0 Å². The van der Waals surface area contributed by atoms with Gasteiger partial charge in [-0.05, 0) is 37.1 Å². The van der Waals surface area contributed by atoms with Crippen molar-refractivity contribution >= 4 is 17.4 Å². The van der Waals surface area contributed by atoms with Crippen molar-refractivity contribution in [3.8, 4) is 11.1 Å². The summed E-state index contributed by atoms with van der Waals surface area (Å²) in [6, 6.07) is 6.29. The molecule has 1 aliphatic rings. The molecule has 8 heteroatoms. The molecule has 0 unspecified atom stereocenters. The number of nitrogens with zero attached hydrogens (tertiary/aromatic N) is 3.